The minimum Gasteiger partial charge on any atom is -0.481 e. The zero-order valence-corrected chi connectivity index (χ0v) is 14.6. The van der Waals surface area contributed by atoms with Gasteiger partial charge in [0.2, 0.25) is 0 Å². The van der Waals surface area contributed by atoms with Crippen molar-refractivity contribution >= 4 is 28.9 Å². The largest absolute Gasteiger partial charge is 0.481 e. The van der Waals surface area contributed by atoms with E-state index in [-0.39, 0.29) is 18.0 Å². The first-order valence-corrected chi connectivity index (χ1v) is 8.80. The number of anilines is 1. The van der Waals surface area contributed by atoms with E-state index < -0.39 is 5.97 Å². The molecule has 132 valence electrons. The predicted molar refractivity (Wildman–Crippen MR) is 101 cm³/mol. The number of benzene rings is 2. The van der Waals surface area contributed by atoms with Gasteiger partial charge in [-0.2, -0.15) is 0 Å². The lowest BCUT2D eigenvalue weighted by Gasteiger charge is -2.08. The molecule has 0 atom stereocenters. The Morgan fingerprint density at radius 1 is 1.15 bits per heavy atom. The Morgan fingerprint density at radius 3 is 2.73 bits per heavy atom. The van der Waals surface area contributed by atoms with Crippen molar-refractivity contribution < 1.29 is 14.7 Å². The Morgan fingerprint density at radius 2 is 1.96 bits per heavy atom. The molecule has 0 spiro atoms. The van der Waals surface area contributed by atoms with Gasteiger partial charge in [0.1, 0.15) is 10.7 Å². The summed E-state index contributed by atoms with van der Waals surface area (Å²) in [7, 11) is 0. The van der Waals surface area contributed by atoms with Gasteiger partial charge in [0.25, 0.3) is 5.91 Å². The number of rotatable bonds is 6. The van der Waals surface area contributed by atoms with Crippen LogP contribution in [0.4, 0.5) is 5.69 Å². The van der Waals surface area contributed by atoms with Gasteiger partial charge >= 0.3 is 5.97 Å². The van der Waals surface area contributed by atoms with Gasteiger partial charge in [-0.1, -0.05) is 36.4 Å². The number of hydrogen-bond donors (Lipinski definition) is 3. The average Bonchev–Trinajstić information content (AvgIpc) is 3.13. The minimum atomic E-state index is -0.956. The number of aliphatic carboxylic acids is 1. The Balaban J connectivity index is 1.80. The van der Waals surface area contributed by atoms with Crippen LogP contribution in [-0.4, -0.2) is 22.0 Å². The van der Waals surface area contributed by atoms with E-state index >= 15 is 0 Å². The number of amides is 1. The molecule has 7 heteroatoms. The van der Waals surface area contributed by atoms with Gasteiger partial charge in [0.15, 0.2) is 0 Å². The first-order chi connectivity index (χ1) is 12.6. The molecule has 0 saturated carbocycles. The number of para-hydroxylation sites is 1. The van der Waals surface area contributed by atoms with Gasteiger partial charge in [0, 0.05) is 23.2 Å². The van der Waals surface area contributed by atoms with Crippen molar-refractivity contribution in [2.75, 3.05) is 5.32 Å². The number of nitrogens with zero attached hydrogens (tertiary/aromatic N) is 1. The lowest BCUT2D eigenvalue weighted by atomic mass is 10.1. The number of carbonyl (C=O) groups is 2. The molecule has 3 rings (SSSR count). The molecule has 1 amide bonds. The fourth-order valence-electron chi connectivity index (χ4n) is 2.49. The minimum absolute atomic E-state index is 0.162. The van der Waals surface area contributed by atoms with E-state index in [0.717, 1.165) is 16.1 Å². The zero-order chi connectivity index (χ0) is 18.5. The van der Waals surface area contributed by atoms with E-state index in [1.165, 1.54) is 11.3 Å². The Hall–Kier alpha value is -3.03. The number of aromatic nitrogens is 1. The molecular weight excluding hydrogens is 350 g/mol. The highest BCUT2D eigenvalue weighted by Gasteiger charge is 2.14. The summed E-state index contributed by atoms with van der Waals surface area (Å²) in [5, 5.41) is 14.1. The van der Waals surface area contributed by atoms with E-state index in [2.05, 4.69) is 10.3 Å². The topological polar surface area (TPSA) is 105 Å². The highest BCUT2D eigenvalue weighted by Crippen LogP contribution is 2.25. The average molecular weight is 367 g/mol. The van der Waals surface area contributed by atoms with Crippen LogP contribution in [0.25, 0.3) is 10.6 Å². The van der Waals surface area contributed by atoms with Crippen molar-refractivity contribution in [3.05, 3.63) is 70.7 Å². The van der Waals surface area contributed by atoms with E-state index in [1.807, 2.05) is 24.3 Å². The maximum Gasteiger partial charge on any atom is 0.307 e. The quantitative estimate of drug-likeness (QED) is 0.621. The van der Waals surface area contributed by atoms with Crippen molar-refractivity contribution in [1.82, 2.24) is 4.98 Å². The van der Waals surface area contributed by atoms with Gasteiger partial charge in [-0.05, 0) is 23.3 Å². The van der Waals surface area contributed by atoms with Crippen LogP contribution in [-0.2, 0) is 17.8 Å². The zero-order valence-electron chi connectivity index (χ0n) is 13.8. The first-order valence-electron chi connectivity index (χ1n) is 7.93. The van der Waals surface area contributed by atoms with Crippen molar-refractivity contribution in [3.8, 4) is 10.6 Å². The molecule has 0 fully saturated rings. The van der Waals surface area contributed by atoms with Gasteiger partial charge < -0.3 is 16.2 Å². The Bertz CT molecular complexity index is 952. The second-order valence-corrected chi connectivity index (χ2v) is 6.48. The van der Waals surface area contributed by atoms with Crippen LogP contribution in [0.1, 0.15) is 21.6 Å². The van der Waals surface area contributed by atoms with Crippen LogP contribution in [0.5, 0.6) is 0 Å². The number of hydrogen-bond acceptors (Lipinski definition) is 5. The van der Waals surface area contributed by atoms with Crippen LogP contribution in [0.15, 0.2) is 53.9 Å². The summed E-state index contributed by atoms with van der Waals surface area (Å²) in [6.07, 6.45) is -0.162. The molecule has 0 bridgehead atoms. The molecule has 1 heterocycles. The fourth-order valence-corrected chi connectivity index (χ4v) is 3.28. The number of carboxylic acids is 1. The van der Waals surface area contributed by atoms with Crippen LogP contribution >= 0.6 is 11.3 Å². The molecule has 4 N–H and O–H groups in total. The van der Waals surface area contributed by atoms with E-state index in [0.29, 0.717) is 17.8 Å². The second kappa shape index (κ2) is 7.90. The van der Waals surface area contributed by atoms with Crippen LogP contribution in [0, 0.1) is 0 Å². The molecule has 1 aromatic heterocycles. The first kappa shape index (κ1) is 17.8. The van der Waals surface area contributed by atoms with Crippen molar-refractivity contribution in [1.29, 1.82) is 0 Å². The third kappa shape index (κ3) is 4.14. The lowest BCUT2D eigenvalue weighted by Crippen LogP contribution is -2.14. The van der Waals surface area contributed by atoms with Gasteiger partial charge in [0.05, 0.1) is 6.42 Å². The summed E-state index contributed by atoms with van der Waals surface area (Å²) >= 11 is 1.37. The molecule has 0 unspecified atom stereocenters. The molecule has 3 aromatic rings. The van der Waals surface area contributed by atoms with Crippen LogP contribution < -0.4 is 11.1 Å². The van der Waals surface area contributed by atoms with Gasteiger partial charge in [-0.3, -0.25) is 9.59 Å². The Labute approximate surface area is 154 Å². The number of nitrogens with one attached hydrogen (secondary N) is 1. The lowest BCUT2D eigenvalue weighted by molar-refractivity contribution is -0.136. The highest BCUT2D eigenvalue weighted by atomic mass is 32.1. The molecule has 0 aliphatic heterocycles. The molecule has 0 aliphatic carbocycles. The molecular formula is C19H17N3O3S. The van der Waals surface area contributed by atoms with Crippen molar-refractivity contribution in [3.63, 3.8) is 0 Å². The van der Waals surface area contributed by atoms with E-state index in [4.69, 9.17) is 10.8 Å². The smallest absolute Gasteiger partial charge is 0.307 e. The van der Waals surface area contributed by atoms with Crippen molar-refractivity contribution in [2.45, 2.75) is 13.0 Å². The van der Waals surface area contributed by atoms with E-state index in [9.17, 15) is 9.59 Å². The maximum atomic E-state index is 12.5. The number of carboxylic acid groups (broad SMARTS) is 1. The summed E-state index contributed by atoms with van der Waals surface area (Å²) < 4.78 is 0. The predicted octanol–water partition coefficient (Wildman–Crippen LogP) is 3.15. The van der Waals surface area contributed by atoms with Crippen molar-refractivity contribution in [2.24, 2.45) is 5.73 Å². The second-order valence-electron chi connectivity index (χ2n) is 5.62. The van der Waals surface area contributed by atoms with Crippen LogP contribution in [0.2, 0.25) is 0 Å². The molecule has 2 aromatic carbocycles. The summed E-state index contributed by atoms with van der Waals surface area (Å²) in [5.74, 6) is -1.33. The standard InChI is InChI=1S/C19H17N3O3S/c20-10-12-4-3-6-14(8-12)19-22-16(11-26-19)18(25)21-15-7-2-1-5-13(15)9-17(23)24/h1-8,11H,9-10,20H2,(H,21,25)(H,23,24). The molecule has 0 saturated heterocycles. The maximum absolute atomic E-state index is 12.5. The number of nitrogens with two attached hydrogens (primary N) is 1. The van der Waals surface area contributed by atoms with Gasteiger partial charge in [-0.25, -0.2) is 4.98 Å². The summed E-state index contributed by atoms with van der Waals surface area (Å²) in [6.45, 7) is 0.437. The summed E-state index contributed by atoms with van der Waals surface area (Å²) in [6, 6.07) is 14.5. The number of thiazole rings is 1. The van der Waals surface area contributed by atoms with Crippen LogP contribution in [0.3, 0.4) is 0 Å². The molecule has 0 aliphatic rings. The summed E-state index contributed by atoms with van der Waals surface area (Å²) in [5.41, 5.74) is 8.86. The van der Waals surface area contributed by atoms with Gasteiger partial charge in [-0.15, -0.1) is 11.3 Å². The normalized spacial score (nSPS) is 10.5. The third-order valence-corrected chi connectivity index (χ3v) is 4.65. The molecule has 0 radical (unpaired) electrons. The van der Waals surface area contributed by atoms with E-state index in [1.54, 1.807) is 29.6 Å². The summed E-state index contributed by atoms with van der Waals surface area (Å²) in [4.78, 5) is 27.8. The highest BCUT2D eigenvalue weighted by molar-refractivity contribution is 7.13. The monoisotopic (exact) mass is 367 g/mol. The third-order valence-electron chi connectivity index (χ3n) is 3.75. The fraction of sp³-hybridized carbons (Fsp3) is 0.105. The SMILES string of the molecule is NCc1cccc(-c2nc(C(=O)Nc3ccccc3CC(=O)O)cs2)c1. The molecule has 26 heavy (non-hydrogen) atoms. The number of carbonyl (C=O) groups excluding carboxylic acids is 1. The Kier molecular flexibility index (Phi) is 5.40. The molecule has 6 nitrogen and oxygen atoms in total.